The third-order valence-electron chi connectivity index (χ3n) is 1.68. The highest BCUT2D eigenvalue weighted by Crippen LogP contribution is 1.87. The van der Waals surface area contributed by atoms with Crippen LogP contribution in [0.15, 0.2) is 12.5 Å². The van der Waals surface area contributed by atoms with E-state index in [0.717, 1.165) is 18.8 Å². The molecule has 0 aliphatic carbocycles. The minimum Gasteiger partial charge on any atom is -0.347 e. The van der Waals surface area contributed by atoms with Crippen molar-refractivity contribution in [1.82, 2.24) is 25.9 Å². The summed E-state index contributed by atoms with van der Waals surface area (Å²) in [5.41, 5.74) is 1.03. The Kier molecular flexibility index (Phi) is 4.49. The molecule has 0 spiro atoms. The molecule has 0 saturated heterocycles. The van der Waals surface area contributed by atoms with Crippen LogP contribution in [-0.2, 0) is 6.54 Å². The highest BCUT2D eigenvalue weighted by molar-refractivity contribution is 5.73. The van der Waals surface area contributed by atoms with Crippen LogP contribution < -0.4 is 16.0 Å². The monoisotopic (exact) mass is 197 g/mol. The quantitative estimate of drug-likeness (QED) is 0.477. The molecule has 0 fully saturated rings. The van der Waals surface area contributed by atoms with E-state index in [0.29, 0.717) is 6.54 Å². The van der Waals surface area contributed by atoms with Crippen molar-refractivity contribution in [3.63, 3.8) is 0 Å². The Morgan fingerprint density at radius 2 is 2.43 bits per heavy atom. The molecule has 0 aromatic carbocycles. The van der Waals surface area contributed by atoms with Crippen LogP contribution in [0.5, 0.6) is 0 Å². The van der Waals surface area contributed by atoms with Gasteiger partial charge in [0.05, 0.1) is 6.33 Å². The zero-order valence-electron chi connectivity index (χ0n) is 8.13. The number of imidazole rings is 1. The second kappa shape index (κ2) is 5.98. The van der Waals surface area contributed by atoms with Gasteiger partial charge >= 0.3 is 6.03 Å². The summed E-state index contributed by atoms with van der Waals surface area (Å²) in [7, 11) is 1.59. The number of aromatic amines is 1. The maximum atomic E-state index is 10.7. The fourth-order valence-corrected chi connectivity index (χ4v) is 0.957. The zero-order valence-corrected chi connectivity index (χ0v) is 8.13. The van der Waals surface area contributed by atoms with Crippen molar-refractivity contribution in [3.8, 4) is 0 Å². The Bertz CT molecular complexity index is 259. The zero-order chi connectivity index (χ0) is 10.2. The van der Waals surface area contributed by atoms with E-state index in [2.05, 4.69) is 25.9 Å². The van der Waals surface area contributed by atoms with Gasteiger partial charge in [0.1, 0.15) is 0 Å². The molecule has 1 heterocycles. The lowest BCUT2D eigenvalue weighted by Gasteiger charge is -2.04. The van der Waals surface area contributed by atoms with Crippen LogP contribution in [0.3, 0.4) is 0 Å². The molecule has 0 aliphatic rings. The summed E-state index contributed by atoms with van der Waals surface area (Å²) < 4.78 is 0. The van der Waals surface area contributed by atoms with Crippen LogP contribution in [0, 0.1) is 0 Å². The van der Waals surface area contributed by atoms with Crippen LogP contribution in [0.4, 0.5) is 4.79 Å². The molecule has 6 heteroatoms. The van der Waals surface area contributed by atoms with Gasteiger partial charge in [0, 0.05) is 38.6 Å². The average Bonchev–Trinajstić information content (AvgIpc) is 2.69. The number of hydrogen-bond acceptors (Lipinski definition) is 3. The van der Waals surface area contributed by atoms with Crippen molar-refractivity contribution in [2.45, 2.75) is 6.54 Å². The van der Waals surface area contributed by atoms with Crippen molar-refractivity contribution in [1.29, 1.82) is 0 Å². The van der Waals surface area contributed by atoms with Gasteiger partial charge in [0.2, 0.25) is 0 Å². The number of carbonyl (C=O) groups excluding carboxylic acids is 1. The minimum atomic E-state index is -0.159. The first-order valence-corrected chi connectivity index (χ1v) is 4.46. The van der Waals surface area contributed by atoms with Gasteiger partial charge in [0.25, 0.3) is 0 Å². The van der Waals surface area contributed by atoms with Gasteiger partial charge in [-0.25, -0.2) is 9.78 Å². The molecule has 14 heavy (non-hydrogen) atoms. The predicted molar refractivity (Wildman–Crippen MR) is 52.8 cm³/mol. The first-order valence-electron chi connectivity index (χ1n) is 4.46. The van der Waals surface area contributed by atoms with E-state index in [-0.39, 0.29) is 6.03 Å². The molecule has 1 aromatic rings. The van der Waals surface area contributed by atoms with Gasteiger partial charge in [-0.3, -0.25) is 0 Å². The van der Waals surface area contributed by atoms with E-state index in [1.165, 1.54) is 0 Å². The molecule has 6 nitrogen and oxygen atoms in total. The van der Waals surface area contributed by atoms with Crippen molar-refractivity contribution in [2.75, 3.05) is 20.1 Å². The summed E-state index contributed by atoms with van der Waals surface area (Å²) in [5, 5.41) is 8.30. The summed E-state index contributed by atoms with van der Waals surface area (Å²) in [5.74, 6) is 0. The Morgan fingerprint density at radius 3 is 3.07 bits per heavy atom. The molecule has 0 saturated carbocycles. The summed E-state index contributed by atoms with van der Waals surface area (Å²) in [6.07, 6.45) is 3.40. The van der Waals surface area contributed by atoms with Crippen LogP contribution in [0.1, 0.15) is 5.69 Å². The summed E-state index contributed by atoms with van der Waals surface area (Å²) in [4.78, 5) is 17.6. The fourth-order valence-electron chi connectivity index (χ4n) is 0.957. The molecule has 0 atom stereocenters. The van der Waals surface area contributed by atoms with E-state index < -0.39 is 0 Å². The van der Waals surface area contributed by atoms with Gasteiger partial charge in [-0.15, -0.1) is 0 Å². The molecule has 1 aromatic heterocycles. The largest absolute Gasteiger partial charge is 0.347 e. The fraction of sp³-hybridized carbons (Fsp3) is 0.500. The molecule has 4 N–H and O–H groups in total. The number of aromatic nitrogens is 2. The molecule has 2 amide bonds. The Morgan fingerprint density at radius 1 is 1.57 bits per heavy atom. The number of carbonyl (C=O) groups is 1. The number of rotatable bonds is 5. The highest BCUT2D eigenvalue weighted by Gasteiger charge is 1.94. The molecule has 0 radical (unpaired) electrons. The first-order chi connectivity index (χ1) is 6.83. The maximum absolute atomic E-state index is 10.7. The number of hydrogen-bond donors (Lipinski definition) is 4. The van der Waals surface area contributed by atoms with E-state index in [9.17, 15) is 4.79 Å². The molecular formula is C8H15N5O. The van der Waals surface area contributed by atoms with Gasteiger partial charge in [-0.05, 0) is 0 Å². The second-order valence-electron chi connectivity index (χ2n) is 2.76. The lowest BCUT2D eigenvalue weighted by atomic mass is 10.4. The Labute approximate surface area is 82.5 Å². The standard InChI is InChI=1S/C8H15N5O/c1-9-8(14)12-3-2-10-4-7-5-11-6-13-7/h5-6,10H,2-4H2,1H3,(H,11,13)(H2,9,12,14). The van der Waals surface area contributed by atoms with E-state index in [1.54, 1.807) is 19.6 Å². The Balaban J connectivity index is 1.97. The van der Waals surface area contributed by atoms with Crippen LogP contribution >= 0.6 is 0 Å². The number of H-pyrrole nitrogens is 1. The molecule has 0 aliphatic heterocycles. The molecular weight excluding hydrogens is 182 g/mol. The van der Waals surface area contributed by atoms with Crippen molar-refractivity contribution in [3.05, 3.63) is 18.2 Å². The van der Waals surface area contributed by atoms with E-state index in [1.807, 2.05) is 0 Å². The lowest BCUT2D eigenvalue weighted by molar-refractivity contribution is 0.243. The molecule has 78 valence electrons. The third-order valence-corrected chi connectivity index (χ3v) is 1.68. The van der Waals surface area contributed by atoms with Gasteiger partial charge < -0.3 is 20.9 Å². The lowest BCUT2D eigenvalue weighted by Crippen LogP contribution is -2.37. The number of urea groups is 1. The maximum Gasteiger partial charge on any atom is 0.314 e. The van der Waals surface area contributed by atoms with Crippen molar-refractivity contribution >= 4 is 6.03 Å². The molecule has 0 bridgehead atoms. The summed E-state index contributed by atoms with van der Waals surface area (Å²) in [6, 6.07) is -0.159. The van der Waals surface area contributed by atoms with Crippen LogP contribution in [0.25, 0.3) is 0 Å². The summed E-state index contributed by atoms with van der Waals surface area (Å²) >= 11 is 0. The van der Waals surface area contributed by atoms with E-state index in [4.69, 9.17) is 0 Å². The number of amides is 2. The normalized spacial score (nSPS) is 9.79. The summed E-state index contributed by atoms with van der Waals surface area (Å²) in [6.45, 7) is 2.07. The van der Waals surface area contributed by atoms with Crippen molar-refractivity contribution in [2.24, 2.45) is 0 Å². The first kappa shape index (κ1) is 10.5. The number of nitrogens with one attached hydrogen (secondary N) is 4. The van der Waals surface area contributed by atoms with Crippen LogP contribution in [0.2, 0.25) is 0 Å². The average molecular weight is 197 g/mol. The topological polar surface area (TPSA) is 81.8 Å². The Hall–Kier alpha value is -1.56. The molecule has 1 rings (SSSR count). The second-order valence-corrected chi connectivity index (χ2v) is 2.76. The van der Waals surface area contributed by atoms with Crippen molar-refractivity contribution < 1.29 is 4.79 Å². The number of nitrogens with zero attached hydrogens (tertiary/aromatic N) is 1. The highest BCUT2D eigenvalue weighted by atomic mass is 16.2. The SMILES string of the molecule is CNC(=O)NCCNCc1cnc[nH]1. The van der Waals surface area contributed by atoms with Gasteiger partial charge in [-0.1, -0.05) is 0 Å². The predicted octanol–water partition coefficient (Wildman–Crippen LogP) is -0.572. The third kappa shape index (κ3) is 3.90. The van der Waals surface area contributed by atoms with Crippen LogP contribution in [-0.4, -0.2) is 36.1 Å². The minimum absolute atomic E-state index is 0.159. The smallest absolute Gasteiger partial charge is 0.314 e. The molecule has 0 unspecified atom stereocenters. The van der Waals surface area contributed by atoms with Gasteiger partial charge in [-0.2, -0.15) is 0 Å². The van der Waals surface area contributed by atoms with E-state index >= 15 is 0 Å². The van der Waals surface area contributed by atoms with Gasteiger partial charge in [0.15, 0.2) is 0 Å².